The van der Waals surface area contributed by atoms with Crippen molar-refractivity contribution >= 4 is 33.8 Å². The molecule has 0 aromatic heterocycles. The van der Waals surface area contributed by atoms with Crippen molar-refractivity contribution in [1.82, 2.24) is 0 Å². The molecule has 0 saturated carbocycles. The van der Waals surface area contributed by atoms with Gasteiger partial charge in [-0.25, -0.2) is 0 Å². The van der Waals surface area contributed by atoms with Crippen LogP contribution in [-0.4, -0.2) is 15.0 Å². The Bertz CT molecular complexity index is 981. The minimum absolute atomic E-state index is 0.123. The number of nitro groups is 2. The van der Waals surface area contributed by atoms with Gasteiger partial charge >= 0.3 is 17.6 Å². The van der Waals surface area contributed by atoms with Gasteiger partial charge < -0.3 is 0 Å². The number of hydrogen-bond acceptors (Lipinski definition) is 6. The lowest BCUT2D eigenvalue weighted by Crippen LogP contribution is -2.11. The molecule has 0 radical (unpaired) electrons. The quantitative estimate of drug-likeness (QED) is 0.354. The lowest BCUT2D eigenvalue weighted by Gasteiger charge is -2.18. The van der Waals surface area contributed by atoms with Gasteiger partial charge in [-0.3, -0.25) is 25.7 Å². The van der Waals surface area contributed by atoms with E-state index in [0.29, 0.717) is 5.56 Å². The third-order valence-electron chi connectivity index (χ3n) is 4.07. The largest absolute Gasteiger partial charge is 0.416 e. The summed E-state index contributed by atoms with van der Waals surface area (Å²) in [7, 11) is 0. The van der Waals surface area contributed by atoms with Crippen LogP contribution in [0.1, 0.15) is 37.5 Å². The number of rotatable bonds is 5. The highest BCUT2D eigenvalue weighted by Gasteiger charge is 2.37. The van der Waals surface area contributed by atoms with E-state index in [9.17, 15) is 33.4 Å². The minimum atomic E-state index is -5.01. The molecule has 0 amide bonds. The molecule has 12 heteroatoms. The molecule has 30 heavy (non-hydrogen) atoms. The molecule has 0 aliphatic rings. The molecule has 2 aromatic rings. The molecule has 8 nitrogen and oxygen atoms in total. The van der Waals surface area contributed by atoms with E-state index in [2.05, 4.69) is 10.5 Å². The Hall–Kier alpha value is -3.21. The smallest absolute Gasteiger partial charge is 0.264 e. The van der Waals surface area contributed by atoms with Crippen LogP contribution in [0.25, 0.3) is 0 Å². The molecule has 2 aromatic carbocycles. The van der Waals surface area contributed by atoms with E-state index in [0.717, 1.165) is 5.56 Å². The normalized spacial score (nSPS) is 12.6. The summed E-state index contributed by atoms with van der Waals surface area (Å²) >= 11 is 6.06. The molecule has 0 aliphatic carbocycles. The Balaban J connectivity index is 2.48. The van der Waals surface area contributed by atoms with Crippen LogP contribution in [0.4, 0.5) is 30.2 Å². The van der Waals surface area contributed by atoms with Crippen molar-refractivity contribution in [3.63, 3.8) is 0 Å². The summed E-state index contributed by atoms with van der Waals surface area (Å²) in [6.07, 6.45) is -5.01. The van der Waals surface area contributed by atoms with E-state index in [4.69, 9.17) is 11.6 Å². The number of nitro benzene ring substituents is 2. The summed E-state index contributed by atoms with van der Waals surface area (Å²) in [5.74, 6) is 0. The van der Waals surface area contributed by atoms with Crippen molar-refractivity contribution in [1.29, 1.82) is 0 Å². The molecule has 160 valence electrons. The van der Waals surface area contributed by atoms with Crippen LogP contribution in [0.2, 0.25) is 0 Å². The zero-order valence-corrected chi connectivity index (χ0v) is 16.7. The second-order valence-electron chi connectivity index (χ2n) is 7.24. The number of nitrogens with one attached hydrogen (secondary N) is 1. The molecule has 0 atom stereocenters. The monoisotopic (exact) mass is 444 g/mol. The number of hydrogen-bond donors (Lipinski definition) is 1. The van der Waals surface area contributed by atoms with Gasteiger partial charge in [0.15, 0.2) is 5.17 Å². The minimum Gasteiger partial charge on any atom is -0.264 e. The van der Waals surface area contributed by atoms with Crippen LogP contribution in [-0.2, 0) is 11.6 Å². The van der Waals surface area contributed by atoms with Crippen LogP contribution < -0.4 is 5.43 Å². The highest BCUT2D eigenvalue weighted by atomic mass is 35.5. The Morgan fingerprint density at radius 1 is 0.967 bits per heavy atom. The van der Waals surface area contributed by atoms with E-state index in [-0.39, 0.29) is 22.7 Å². The molecule has 0 fully saturated rings. The number of halogens is 4. The first-order valence-corrected chi connectivity index (χ1v) is 8.73. The fourth-order valence-electron chi connectivity index (χ4n) is 2.46. The van der Waals surface area contributed by atoms with Gasteiger partial charge in [0.2, 0.25) is 5.69 Å². The Kier molecular flexibility index (Phi) is 6.36. The third kappa shape index (κ3) is 5.23. The summed E-state index contributed by atoms with van der Waals surface area (Å²) in [5, 5.41) is 25.9. The van der Waals surface area contributed by atoms with E-state index in [1.54, 1.807) is 24.3 Å². The molecular formula is C18H16ClF3N4O4. The number of hydrazone groups is 1. The Labute approximate surface area is 173 Å². The maximum absolute atomic E-state index is 12.9. The van der Waals surface area contributed by atoms with Gasteiger partial charge in [0.25, 0.3) is 0 Å². The van der Waals surface area contributed by atoms with Crippen molar-refractivity contribution < 1.29 is 23.0 Å². The van der Waals surface area contributed by atoms with Gasteiger partial charge in [-0.05, 0) is 11.0 Å². The molecule has 0 bridgehead atoms. The van der Waals surface area contributed by atoms with Crippen LogP contribution in [0.3, 0.4) is 0 Å². The second-order valence-corrected chi connectivity index (χ2v) is 7.60. The highest BCUT2D eigenvalue weighted by molar-refractivity contribution is 6.69. The molecule has 0 spiro atoms. The summed E-state index contributed by atoms with van der Waals surface area (Å²) < 4.78 is 38.8. The fraction of sp³-hybridized carbons (Fsp3) is 0.278. The Morgan fingerprint density at radius 2 is 1.43 bits per heavy atom. The van der Waals surface area contributed by atoms with Crippen LogP contribution in [0.5, 0.6) is 0 Å². The summed E-state index contributed by atoms with van der Waals surface area (Å²) in [6.45, 7) is 6.01. The molecule has 0 unspecified atom stereocenters. The predicted octanol–water partition coefficient (Wildman–Crippen LogP) is 5.83. The number of benzene rings is 2. The lowest BCUT2D eigenvalue weighted by molar-refractivity contribution is -0.392. The summed E-state index contributed by atoms with van der Waals surface area (Å²) in [4.78, 5) is 20.1. The number of anilines is 1. The lowest BCUT2D eigenvalue weighted by atomic mass is 9.87. The zero-order chi connectivity index (χ0) is 22.9. The number of alkyl halides is 3. The highest BCUT2D eigenvalue weighted by Crippen LogP contribution is 2.41. The van der Waals surface area contributed by atoms with Gasteiger partial charge in [0.05, 0.1) is 15.4 Å². The fourth-order valence-corrected chi connectivity index (χ4v) is 2.62. The van der Waals surface area contributed by atoms with E-state index >= 15 is 0 Å². The van der Waals surface area contributed by atoms with Crippen molar-refractivity contribution in [3.05, 3.63) is 73.3 Å². The SMILES string of the molecule is CC(C)(C)c1ccc(/C(Cl)=N/Nc2c([N+](=O)[O-])cc(C(F)(F)F)cc2[N+](=O)[O-])cc1. The standard InChI is InChI=1S/C18H16ClF3N4O4/c1-17(2,3)11-6-4-10(5-7-11)16(19)24-23-15-13(25(27)28)8-12(18(20,21)22)9-14(15)26(29)30/h4-9,23H,1-3H3/b24-16-. The van der Waals surface area contributed by atoms with Crippen molar-refractivity contribution in [2.24, 2.45) is 5.10 Å². The van der Waals surface area contributed by atoms with Crippen LogP contribution in [0, 0.1) is 20.2 Å². The van der Waals surface area contributed by atoms with Crippen molar-refractivity contribution in [2.75, 3.05) is 5.43 Å². The van der Waals surface area contributed by atoms with Gasteiger partial charge in [-0.15, -0.1) is 0 Å². The summed E-state index contributed by atoms with van der Waals surface area (Å²) in [6, 6.07) is 7.22. The van der Waals surface area contributed by atoms with Gasteiger partial charge in [-0.1, -0.05) is 56.6 Å². The first-order valence-electron chi connectivity index (χ1n) is 8.36. The average molecular weight is 445 g/mol. The maximum Gasteiger partial charge on any atom is 0.416 e. The first kappa shape index (κ1) is 23.1. The molecule has 0 aliphatic heterocycles. The predicted molar refractivity (Wildman–Crippen MR) is 106 cm³/mol. The third-order valence-corrected chi connectivity index (χ3v) is 4.38. The van der Waals surface area contributed by atoms with E-state index in [1.807, 2.05) is 20.8 Å². The average Bonchev–Trinajstić information content (AvgIpc) is 2.63. The zero-order valence-electron chi connectivity index (χ0n) is 16.0. The first-order chi connectivity index (χ1) is 13.7. The van der Waals surface area contributed by atoms with Gasteiger partial charge in [0.1, 0.15) is 0 Å². The molecular weight excluding hydrogens is 429 g/mol. The maximum atomic E-state index is 12.9. The topological polar surface area (TPSA) is 111 Å². The Morgan fingerprint density at radius 3 is 1.80 bits per heavy atom. The van der Waals surface area contributed by atoms with Gasteiger partial charge in [0, 0.05) is 17.7 Å². The number of nitrogens with zero attached hydrogens (tertiary/aromatic N) is 3. The van der Waals surface area contributed by atoms with E-state index in [1.165, 1.54) is 0 Å². The van der Waals surface area contributed by atoms with Crippen molar-refractivity contribution in [3.8, 4) is 0 Å². The molecule has 2 rings (SSSR count). The summed E-state index contributed by atoms with van der Waals surface area (Å²) in [5.41, 5.74) is -1.32. The second kappa shape index (κ2) is 8.27. The molecule has 0 saturated heterocycles. The van der Waals surface area contributed by atoms with Crippen LogP contribution in [0.15, 0.2) is 41.5 Å². The van der Waals surface area contributed by atoms with E-state index < -0.39 is 38.6 Å². The van der Waals surface area contributed by atoms with Gasteiger partial charge in [-0.2, -0.15) is 18.3 Å². The molecule has 0 heterocycles. The van der Waals surface area contributed by atoms with Crippen LogP contribution >= 0.6 is 11.6 Å². The van der Waals surface area contributed by atoms with Crippen molar-refractivity contribution in [2.45, 2.75) is 32.4 Å². The molecule has 1 N–H and O–H groups in total.